The van der Waals surface area contributed by atoms with Crippen LogP contribution in [-0.2, 0) is 17.7 Å². The van der Waals surface area contributed by atoms with Crippen molar-refractivity contribution in [1.82, 2.24) is 15.5 Å². The maximum absolute atomic E-state index is 11.8. The molecule has 2 N–H and O–H groups in total. The summed E-state index contributed by atoms with van der Waals surface area (Å²) in [6, 6.07) is 2.48. The Morgan fingerprint density at radius 1 is 1.55 bits per heavy atom. The molecule has 0 saturated carbocycles. The van der Waals surface area contributed by atoms with Crippen molar-refractivity contribution in [3.05, 3.63) is 21.9 Å². The Labute approximate surface area is 136 Å². The molecule has 1 fully saturated rings. The maximum atomic E-state index is 11.8. The predicted octanol–water partition coefficient (Wildman–Crippen LogP) is 1.97. The average molecular weight is 323 g/mol. The molecule has 3 heterocycles. The molecule has 2 aliphatic heterocycles. The fraction of sp³-hybridized carbons (Fsp3) is 0.688. The van der Waals surface area contributed by atoms with Gasteiger partial charge in [-0.3, -0.25) is 4.90 Å². The largest absolute Gasteiger partial charge is 0.376 e. The van der Waals surface area contributed by atoms with Crippen LogP contribution >= 0.6 is 11.3 Å². The Morgan fingerprint density at radius 3 is 3.27 bits per heavy atom. The molecular formula is C16H25N3O2S. The van der Waals surface area contributed by atoms with Crippen molar-refractivity contribution < 1.29 is 9.53 Å². The molecule has 0 aliphatic carbocycles. The van der Waals surface area contributed by atoms with E-state index in [4.69, 9.17) is 4.74 Å². The van der Waals surface area contributed by atoms with Crippen molar-refractivity contribution in [2.24, 2.45) is 0 Å². The zero-order chi connectivity index (χ0) is 15.4. The van der Waals surface area contributed by atoms with Gasteiger partial charge in [0, 0.05) is 43.7 Å². The summed E-state index contributed by atoms with van der Waals surface area (Å²) >= 11 is 1.86. The molecule has 2 amide bonds. The van der Waals surface area contributed by atoms with E-state index in [0.29, 0.717) is 19.1 Å². The Bertz CT molecular complexity index is 499. The van der Waals surface area contributed by atoms with Crippen LogP contribution in [0.4, 0.5) is 4.79 Å². The van der Waals surface area contributed by atoms with Crippen molar-refractivity contribution in [2.75, 3.05) is 26.2 Å². The molecule has 2 unspecified atom stereocenters. The number of ether oxygens (including phenoxy) is 1. The third-order valence-electron chi connectivity index (χ3n) is 4.53. The first-order valence-electron chi connectivity index (χ1n) is 8.15. The number of nitrogens with zero attached hydrogens (tertiary/aromatic N) is 1. The van der Waals surface area contributed by atoms with E-state index in [1.54, 1.807) is 0 Å². The van der Waals surface area contributed by atoms with Gasteiger partial charge in [0.25, 0.3) is 0 Å². The number of rotatable bonds is 5. The second-order valence-electron chi connectivity index (χ2n) is 6.16. The number of carbonyl (C=O) groups excluding carboxylic acids is 1. The lowest BCUT2D eigenvalue weighted by atomic mass is 10.1. The van der Waals surface area contributed by atoms with Gasteiger partial charge in [-0.15, -0.1) is 11.3 Å². The van der Waals surface area contributed by atoms with E-state index < -0.39 is 0 Å². The van der Waals surface area contributed by atoms with Crippen LogP contribution in [0.1, 0.15) is 30.2 Å². The average Bonchev–Trinajstić information content (AvgIpc) is 3.20. The molecule has 1 saturated heterocycles. The summed E-state index contributed by atoms with van der Waals surface area (Å²) in [5.74, 6) is 0. The molecule has 1 aromatic rings. The minimum absolute atomic E-state index is 0.0874. The predicted molar refractivity (Wildman–Crippen MR) is 88.3 cm³/mol. The van der Waals surface area contributed by atoms with Crippen molar-refractivity contribution >= 4 is 17.4 Å². The van der Waals surface area contributed by atoms with E-state index in [-0.39, 0.29) is 12.1 Å². The first-order chi connectivity index (χ1) is 10.7. The molecule has 0 radical (unpaired) electrons. The Hall–Kier alpha value is -1.11. The minimum atomic E-state index is -0.0874. The summed E-state index contributed by atoms with van der Waals surface area (Å²) in [6.07, 6.45) is 3.47. The van der Waals surface area contributed by atoms with Gasteiger partial charge in [0.05, 0.1) is 6.10 Å². The van der Waals surface area contributed by atoms with Crippen LogP contribution in [0.5, 0.6) is 0 Å². The number of thiophene rings is 1. The van der Waals surface area contributed by atoms with Gasteiger partial charge in [-0.05, 0) is 43.2 Å². The van der Waals surface area contributed by atoms with Gasteiger partial charge < -0.3 is 15.4 Å². The summed E-state index contributed by atoms with van der Waals surface area (Å²) in [6.45, 7) is 6.37. The van der Waals surface area contributed by atoms with E-state index in [9.17, 15) is 4.79 Å². The lowest BCUT2D eigenvalue weighted by molar-refractivity contribution is 0.111. The highest BCUT2D eigenvalue weighted by Crippen LogP contribution is 2.24. The van der Waals surface area contributed by atoms with E-state index in [1.807, 2.05) is 11.3 Å². The van der Waals surface area contributed by atoms with Gasteiger partial charge in [0.1, 0.15) is 0 Å². The van der Waals surface area contributed by atoms with E-state index in [2.05, 4.69) is 33.9 Å². The van der Waals surface area contributed by atoms with E-state index >= 15 is 0 Å². The number of nitrogens with one attached hydrogen (secondary N) is 2. The standard InChI is InChI=1S/C16H25N3O2S/c1-12(19-6-4-15-13(11-19)5-8-22-15)9-17-16(20)18-10-14-3-2-7-21-14/h5,8,12,14H,2-4,6-7,9-11H2,1H3,(H2,17,18,20). The van der Waals surface area contributed by atoms with Gasteiger partial charge >= 0.3 is 6.03 Å². The maximum Gasteiger partial charge on any atom is 0.314 e. The lowest BCUT2D eigenvalue weighted by Gasteiger charge is -2.32. The van der Waals surface area contributed by atoms with Crippen LogP contribution in [0, 0.1) is 0 Å². The topological polar surface area (TPSA) is 53.6 Å². The van der Waals surface area contributed by atoms with Gasteiger partial charge in [0.2, 0.25) is 0 Å². The molecule has 0 spiro atoms. The first-order valence-corrected chi connectivity index (χ1v) is 9.03. The fourth-order valence-corrected chi connectivity index (χ4v) is 3.98. The quantitative estimate of drug-likeness (QED) is 0.871. The van der Waals surface area contributed by atoms with Crippen molar-refractivity contribution in [3.8, 4) is 0 Å². The lowest BCUT2D eigenvalue weighted by Crippen LogP contribution is -2.47. The number of carbonyl (C=O) groups is 1. The molecular weight excluding hydrogens is 298 g/mol. The van der Waals surface area contributed by atoms with Crippen LogP contribution in [0.3, 0.4) is 0 Å². The van der Waals surface area contributed by atoms with Crippen molar-refractivity contribution in [3.63, 3.8) is 0 Å². The Morgan fingerprint density at radius 2 is 2.45 bits per heavy atom. The summed E-state index contributed by atoms with van der Waals surface area (Å²) < 4.78 is 5.50. The summed E-state index contributed by atoms with van der Waals surface area (Å²) in [4.78, 5) is 15.8. The molecule has 0 bridgehead atoms. The summed E-state index contributed by atoms with van der Waals surface area (Å²) in [5.41, 5.74) is 1.45. The zero-order valence-electron chi connectivity index (χ0n) is 13.1. The fourth-order valence-electron chi connectivity index (χ4n) is 3.09. The highest BCUT2D eigenvalue weighted by Gasteiger charge is 2.22. The SMILES string of the molecule is CC(CNC(=O)NCC1CCCO1)N1CCc2sccc2C1. The van der Waals surface area contributed by atoms with Crippen LogP contribution in [-0.4, -0.2) is 49.3 Å². The number of amides is 2. The summed E-state index contributed by atoms with van der Waals surface area (Å²) in [5, 5.41) is 8.06. The first kappa shape index (κ1) is 15.8. The van der Waals surface area contributed by atoms with Gasteiger partial charge in [0.15, 0.2) is 0 Å². The van der Waals surface area contributed by atoms with Gasteiger partial charge in [-0.2, -0.15) is 0 Å². The Balaban J connectivity index is 1.37. The van der Waals surface area contributed by atoms with Gasteiger partial charge in [-0.1, -0.05) is 0 Å². The van der Waals surface area contributed by atoms with E-state index in [1.165, 1.54) is 10.4 Å². The third-order valence-corrected chi connectivity index (χ3v) is 5.56. The molecule has 5 nitrogen and oxygen atoms in total. The number of hydrogen-bond acceptors (Lipinski definition) is 4. The second kappa shape index (κ2) is 7.44. The smallest absolute Gasteiger partial charge is 0.314 e. The van der Waals surface area contributed by atoms with Crippen LogP contribution in [0.25, 0.3) is 0 Å². The molecule has 3 rings (SSSR count). The van der Waals surface area contributed by atoms with Crippen molar-refractivity contribution in [2.45, 2.75) is 44.9 Å². The minimum Gasteiger partial charge on any atom is -0.376 e. The van der Waals surface area contributed by atoms with Crippen LogP contribution in [0.15, 0.2) is 11.4 Å². The monoisotopic (exact) mass is 323 g/mol. The molecule has 1 aromatic heterocycles. The molecule has 22 heavy (non-hydrogen) atoms. The Kier molecular flexibility index (Phi) is 5.33. The van der Waals surface area contributed by atoms with Crippen LogP contribution in [0.2, 0.25) is 0 Å². The second-order valence-corrected chi connectivity index (χ2v) is 7.17. The zero-order valence-corrected chi connectivity index (χ0v) is 14.0. The molecule has 0 aromatic carbocycles. The number of urea groups is 1. The molecule has 2 atom stereocenters. The highest BCUT2D eigenvalue weighted by molar-refractivity contribution is 7.10. The van der Waals surface area contributed by atoms with E-state index in [0.717, 1.165) is 39.0 Å². The summed E-state index contributed by atoms with van der Waals surface area (Å²) in [7, 11) is 0. The number of fused-ring (bicyclic) bond motifs is 1. The highest BCUT2D eigenvalue weighted by atomic mass is 32.1. The molecule has 122 valence electrons. The van der Waals surface area contributed by atoms with Crippen LogP contribution < -0.4 is 10.6 Å². The molecule has 2 aliphatic rings. The van der Waals surface area contributed by atoms with Gasteiger partial charge in [-0.25, -0.2) is 4.79 Å². The van der Waals surface area contributed by atoms with Crippen molar-refractivity contribution in [1.29, 1.82) is 0 Å². The third kappa shape index (κ3) is 4.00. The normalized spacial score (nSPS) is 23.0. The number of hydrogen-bond donors (Lipinski definition) is 2. The molecule has 6 heteroatoms.